The topological polar surface area (TPSA) is 48.2 Å². The predicted molar refractivity (Wildman–Crippen MR) is 153 cm³/mol. The SMILES string of the molecule is [C-]#[N+]c1ccc(-c2nc(-n3c4ccccc4c4cc5oc6ccccc6c5cc43)nc3ccccc23)cc1. The van der Waals surface area contributed by atoms with E-state index < -0.39 is 0 Å². The Kier molecular flexibility index (Phi) is 4.23. The lowest BCUT2D eigenvalue weighted by Gasteiger charge is -2.12. The van der Waals surface area contributed by atoms with Gasteiger partial charge in [0, 0.05) is 26.9 Å². The third-order valence-electron chi connectivity index (χ3n) is 7.23. The highest BCUT2D eigenvalue weighted by atomic mass is 16.3. The molecule has 0 fully saturated rings. The van der Waals surface area contributed by atoms with Crippen LogP contribution in [0.15, 0.2) is 114 Å². The molecule has 0 bridgehead atoms. The molecule has 3 heterocycles. The molecule has 0 aliphatic rings. The summed E-state index contributed by atoms with van der Waals surface area (Å²) in [5.41, 5.74) is 7.04. The van der Waals surface area contributed by atoms with Crippen molar-refractivity contribution in [2.45, 2.75) is 0 Å². The van der Waals surface area contributed by atoms with Gasteiger partial charge >= 0.3 is 0 Å². The molecule has 0 N–H and O–H groups in total. The number of furan rings is 1. The van der Waals surface area contributed by atoms with Gasteiger partial charge in [0.05, 0.1) is 28.8 Å². The maximum absolute atomic E-state index is 7.32. The van der Waals surface area contributed by atoms with Crippen LogP contribution in [-0.2, 0) is 0 Å². The Hall–Kier alpha value is -5.47. The van der Waals surface area contributed by atoms with Crippen LogP contribution < -0.4 is 0 Å². The molecule has 0 spiro atoms. The molecule has 0 unspecified atom stereocenters. The first-order chi connectivity index (χ1) is 18.8. The normalized spacial score (nSPS) is 11.7. The molecule has 8 aromatic rings. The summed E-state index contributed by atoms with van der Waals surface area (Å²) in [5.74, 6) is 0.603. The van der Waals surface area contributed by atoms with Gasteiger partial charge in [0.25, 0.3) is 0 Å². The first-order valence-electron chi connectivity index (χ1n) is 12.4. The molecule has 176 valence electrons. The molecule has 5 heteroatoms. The van der Waals surface area contributed by atoms with Crippen LogP contribution in [0.4, 0.5) is 5.69 Å². The largest absolute Gasteiger partial charge is 0.456 e. The van der Waals surface area contributed by atoms with Crippen molar-refractivity contribution < 1.29 is 4.42 Å². The average Bonchev–Trinajstić information content (AvgIpc) is 3.50. The molecule has 0 atom stereocenters. The first-order valence-corrected chi connectivity index (χ1v) is 12.4. The maximum Gasteiger partial charge on any atom is 0.235 e. The zero-order valence-electron chi connectivity index (χ0n) is 20.1. The minimum Gasteiger partial charge on any atom is -0.456 e. The van der Waals surface area contributed by atoms with E-state index >= 15 is 0 Å². The molecule has 0 saturated carbocycles. The monoisotopic (exact) mass is 486 g/mol. The number of nitrogens with zero attached hydrogens (tertiary/aromatic N) is 4. The summed E-state index contributed by atoms with van der Waals surface area (Å²) in [6.07, 6.45) is 0. The van der Waals surface area contributed by atoms with Gasteiger partial charge in [-0.1, -0.05) is 78.9 Å². The Labute approximate surface area is 217 Å². The van der Waals surface area contributed by atoms with Crippen molar-refractivity contribution in [3.63, 3.8) is 0 Å². The van der Waals surface area contributed by atoms with Crippen LogP contribution in [0, 0.1) is 6.57 Å². The fourth-order valence-corrected chi connectivity index (χ4v) is 5.48. The van der Waals surface area contributed by atoms with E-state index in [1.165, 1.54) is 0 Å². The summed E-state index contributed by atoms with van der Waals surface area (Å²) in [6, 6.07) is 36.4. The van der Waals surface area contributed by atoms with E-state index in [4.69, 9.17) is 21.0 Å². The van der Waals surface area contributed by atoms with E-state index in [0.29, 0.717) is 11.6 Å². The van der Waals surface area contributed by atoms with E-state index in [-0.39, 0.29) is 0 Å². The molecule has 0 aliphatic heterocycles. The van der Waals surface area contributed by atoms with Crippen molar-refractivity contribution in [2.24, 2.45) is 0 Å². The second kappa shape index (κ2) is 7.76. The summed E-state index contributed by atoms with van der Waals surface area (Å²) in [4.78, 5) is 13.7. The Morgan fingerprint density at radius 1 is 0.605 bits per heavy atom. The Bertz CT molecular complexity index is 2250. The van der Waals surface area contributed by atoms with Crippen LogP contribution in [0.1, 0.15) is 0 Å². The van der Waals surface area contributed by atoms with Gasteiger partial charge < -0.3 is 4.42 Å². The van der Waals surface area contributed by atoms with Gasteiger partial charge in [0.1, 0.15) is 11.2 Å². The van der Waals surface area contributed by atoms with Crippen molar-refractivity contribution in [1.82, 2.24) is 14.5 Å². The van der Waals surface area contributed by atoms with Gasteiger partial charge in [-0.25, -0.2) is 14.8 Å². The number of aromatic nitrogens is 3. The van der Waals surface area contributed by atoms with Gasteiger partial charge in [-0.05, 0) is 35.9 Å². The third-order valence-corrected chi connectivity index (χ3v) is 7.23. The number of benzene rings is 5. The quantitative estimate of drug-likeness (QED) is 0.229. The van der Waals surface area contributed by atoms with Gasteiger partial charge in [0.2, 0.25) is 5.95 Å². The van der Waals surface area contributed by atoms with E-state index in [1.807, 2.05) is 72.8 Å². The second-order valence-corrected chi connectivity index (χ2v) is 9.36. The molecule has 0 saturated heterocycles. The van der Waals surface area contributed by atoms with Crippen LogP contribution in [-0.4, -0.2) is 14.5 Å². The zero-order valence-corrected chi connectivity index (χ0v) is 20.1. The van der Waals surface area contributed by atoms with Gasteiger partial charge in [-0.2, -0.15) is 0 Å². The molecule has 0 aliphatic carbocycles. The summed E-state index contributed by atoms with van der Waals surface area (Å²) in [5, 5.41) is 5.32. The highest BCUT2D eigenvalue weighted by molar-refractivity contribution is 6.17. The van der Waals surface area contributed by atoms with Crippen LogP contribution in [0.2, 0.25) is 0 Å². The number of rotatable bonds is 2. The third kappa shape index (κ3) is 2.92. The lowest BCUT2D eigenvalue weighted by molar-refractivity contribution is 0.669. The minimum absolute atomic E-state index is 0.603. The lowest BCUT2D eigenvalue weighted by Crippen LogP contribution is -2.03. The molecule has 5 aromatic carbocycles. The fourth-order valence-electron chi connectivity index (χ4n) is 5.48. The highest BCUT2D eigenvalue weighted by Gasteiger charge is 2.19. The number of hydrogen-bond acceptors (Lipinski definition) is 3. The number of para-hydroxylation sites is 3. The highest BCUT2D eigenvalue weighted by Crippen LogP contribution is 2.38. The average molecular weight is 487 g/mol. The molecule has 3 aromatic heterocycles. The number of fused-ring (bicyclic) bond motifs is 7. The van der Waals surface area contributed by atoms with Crippen LogP contribution in [0.5, 0.6) is 0 Å². The maximum atomic E-state index is 7.32. The second-order valence-electron chi connectivity index (χ2n) is 9.36. The standard InChI is InChI=1S/C33H18N4O/c1-34-21-16-14-20(15-17-21)32-24-10-2-5-11-27(24)35-33(36-32)37-28-12-6-3-8-22(28)25-19-31-26(18-29(25)37)23-9-4-7-13-30(23)38-31/h2-19H. The van der Waals surface area contributed by atoms with Crippen LogP contribution in [0.3, 0.4) is 0 Å². The smallest absolute Gasteiger partial charge is 0.235 e. The van der Waals surface area contributed by atoms with Crippen LogP contribution in [0.25, 0.3) is 76.7 Å². The van der Waals surface area contributed by atoms with Gasteiger partial charge in [-0.3, -0.25) is 4.57 Å². The van der Waals surface area contributed by atoms with Crippen molar-refractivity contribution in [3.8, 4) is 17.2 Å². The molecular formula is C33H18N4O. The van der Waals surface area contributed by atoms with E-state index in [1.54, 1.807) is 0 Å². The Morgan fingerprint density at radius 3 is 2.18 bits per heavy atom. The zero-order chi connectivity index (χ0) is 25.2. The Balaban J connectivity index is 1.49. The molecule has 0 radical (unpaired) electrons. The van der Waals surface area contributed by atoms with Crippen molar-refractivity contribution in [2.75, 3.05) is 0 Å². The van der Waals surface area contributed by atoms with Gasteiger partial charge in [0.15, 0.2) is 5.69 Å². The van der Waals surface area contributed by atoms with Crippen molar-refractivity contribution in [3.05, 3.63) is 121 Å². The summed E-state index contributed by atoms with van der Waals surface area (Å²) >= 11 is 0. The number of hydrogen-bond donors (Lipinski definition) is 0. The van der Waals surface area contributed by atoms with E-state index in [2.05, 4.69) is 45.8 Å². The van der Waals surface area contributed by atoms with Gasteiger partial charge in [-0.15, -0.1) is 0 Å². The summed E-state index contributed by atoms with van der Waals surface area (Å²) in [7, 11) is 0. The summed E-state index contributed by atoms with van der Waals surface area (Å²) in [6.45, 7) is 7.32. The lowest BCUT2D eigenvalue weighted by atomic mass is 10.1. The molecule has 0 amide bonds. The molecule has 38 heavy (non-hydrogen) atoms. The van der Waals surface area contributed by atoms with E-state index in [0.717, 1.165) is 65.9 Å². The Morgan fingerprint density at radius 2 is 1.34 bits per heavy atom. The van der Waals surface area contributed by atoms with Crippen molar-refractivity contribution in [1.29, 1.82) is 0 Å². The molecule has 8 rings (SSSR count). The molecular weight excluding hydrogens is 468 g/mol. The molecule has 5 nitrogen and oxygen atoms in total. The predicted octanol–water partition coefficient (Wildman–Crippen LogP) is 8.84. The van der Waals surface area contributed by atoms with E-state index in [9.17, 15) is 0 Å². The van der Waals surface area contributed by atoms with Crippen molar-refractivity contribution >= 4 is 60.3 Å². The minimum atomic E-state index is 0.603. The summed E-state index contributed by atoms with van der Waals surface area (Å²) < 4.78 is 8.36. The van der Waals surface area contributed by atoms with Crippen LogP contribution >= 0.6 is 0 Å². The first kappa shape index (κ1) is 20.7. The fraction of sp³-hybridized carbons (Fsp3) is 0.